The minimum absolute atomic E-state index is 0.256. The van der Waals surface area contributed by atoms with E-state index in [0.717, 1.165) is 0 Å². The Morgan fingerprint density at radius 3 is 2.46 bits per heavy atom. The summed E-state index contributed by atoms with van der Waals surface area (Å²) in [7, 11) is 0. The predicted molar refractivity (Wildman–Crippen MR) is 97.0 cm³/mol. The van der Waals surface area contributed by atoms with Crippen LogP contribution >= 0.6 is 0 Å². The third-order valence-electron chi connectivity index (χ3n) is 3.34. The van der Waals surface area contributed by atoms with E-state index < -0.39 is 29.3 Å². The van der Waals surface area contributed by atoms with E-state index in [1.807, 2.05) is 0 Å². The number of anilines is 3. The van der Waals surface area contributed by atoms with E-state index in [2.05, 4.69) is 15.4 Å². The number of rotatable bonds is 7. The molecule has 0 saturated carbocycles. The molecule has 0 aliphatic heterocycles. The minimum atomic E-state index is -2.51. The minimum Gasteiger partial charge on any atom is -0.755 e. The maximum absolute atomic E-state index is 12.2. The lowest BCUT2D eigenvalue weighted by Gasteiger charge is -2.19. The highest BCUT2D eigenvalue weighted by atomic mass is 32.2. The molecule has 0 saturated heterocycles. The molecule has 0 radical (unpaired) electrons. The maximum Gasteiger partial charge on any atom is 0.319 e. The van der Waals surface area contributed by atoms with Gasteiger partial charge in [0.25, 0.3) is 0 Å². The van der Waals surface area contributed by atoms with Crippen LogP contribution in [0.5, 0.6) is 0 Å². The number of nitrogens with two attached hydrogens (primary N) is 1. The Bertz CT molecular complexity index is 813. The second-order valence-corrected chi connectivity index (χ2v) is 6.01. The summed E-state index contributed by atoms with van der Waals surface area (Å²) < 4.78 is 23.7. The van der Waals surface area contributed by atoms with Crippen molar-refractivity contribution in [2.75, 3.05) is 15.8 Å². The highest BCUT2D eigenvalue weighted by molar-refractivity contribution is 7.80. The number of carboxylic acid groups (broad SMARTS) is 1. The molecule has 2 amide bonds. The molecule has 0 heterocycles. The van der Waals surface area contributed by atoms with E-state index in [0.29, 0.717) is 16.9 Å². The molecule has 138 valence electrons. The highest BCUT2D eigenvalue weighted by Gasteiger charge is 2.18. The summed E-state index contributed by atoms with van der Waals surface area (Å²) in [5, 5.41) is 14.2. The number of carboxylic acids is 1. The average Bonchev–Trinajstić information content (AvgIpc) is 2.55. The molecule has 0 spiro atoms. The van der Waals surface area contributed by atoms with Gasteiger partial charge in [0.2, 0.25) is 0 Å². The zero-order chi connectivity index (χ0) is 19.1. The lowest BCUT2D eigenvalue weighted by molar-refractivity contribution is -0.137. The average molecular weight is 377 g/mol. The molecule has 0 bridgehead atoms. The van der Waals surface area contributed by atoms with Gasteiger partial charge in [0.05, 0.1) is 12.5 Å². The molecular formula is C16H17N4O5S-. The first kappa shape index (κ1) is 19.2. The van der Waals surface area contributed by atoms with Crippen molar-refractivity contribution in [1.29, 1.82) is 0 Å². The van der Waals surface area contributed by atoms with Gasteiger partial charge in [0, 0.05) is 28.3 Å². The molecule has 2 aromatic carbocycles. The number of nitrogens with one attached hydrogen (secondary N) is 3. The number of hydrogen-bond donors (Lipinski definition) is 5. The van der Waals surface area contributed by atoms with Gasteiger partial charge in [-0.1, -0.05) is 12.1 Å². The lowest BCUT2D eigenvalue weighted by atomic mass is 10.0. The van der Waals surface area contributed by atoms with Gasteiger partial charge in [-0.25, -0.2) is 4.79 Å². The maximum atomic E-state index is 12.2. The Balaban J connectivity index is 2.13. The zero-order valence-corrected chi connectivity index (χ0v) is 14.3. The van der Waals surface area contributed by atoms with Crippen molar-refractivity contribution in [3.8, 4) is 0 Å². The van der Waals surface area contributed by atoms with Gasteiger partial charge < -0.3 is 30.7 Å². The van der Waals surface area contributed by atoms with Crippen molar-refractivity contribution in [3.05, 3.63) is 54.1 Å². The normalized spacial score (nSPS) is 12.7. The van der Waals surface area contributed by atoms with Crippen LogP contribution in [0.3, 0.4) is 0 Å². The standard InChI is InChI=1S/C16H18N4O5S/c17-11-4-6-12(7-5-11)18-16(23)19-14(9-15(21)22)10-2-1-3-13(8-10)20-26(24)25/h1-8,14,20H,9,17H2,(H,21,22)(H,24,25)(H2,18,19,23)/p-1. The molecule has 10 heteroatoms. The van der Waals surface area contributed by atoms with Gasteiger partial charge in [-0.15, -0.1) is 0 Å². The van der Waals surface area contributed by atoms with Crippen molar-refractivity contribution >= 4 is 40.3 Å². The SMILES string of the molecule is Nc1ccc(NC(=O)NC(CC(=O)O)c2cccc(NS(=O)[O-])c2)cc1. The molecule has 0 aliphatic rings. The van der Waals surface area contributed by atoms with Crippen LogP contribution in [-0.2, 0) is 16.1 Å². The summed E-state index contributed by atoms with van der Waals surface area (Å²) in [5.74, 6) is -1.12. The Labute approximate surface area is 152 Å². The fraction of sp³-hybridized carbons (Fsp3) is 0.125. The monoisotopic (exact) mass is 377 g/mol. The van der Waals surface area contributed by atoms with E-state index >= 15 is 0 Å². The van der Waals surface area contributed by atoms with Gasteiger partial charge in [-0.2, -0.15) is 0 Å². The smallest absolute Gasteiger partial charge is 0.319 e. The van der Waals surface area contributed by atoms with Crippen LogP contribution in [0.2, 0.25) is 0 Å². The molecule has 0 fully saturated rings. The number of urea groups is 1. The summed E-state index contributed by atoms with van der Waals surface area (Å²) in [5.41, 5.74) is 7.30. The van der Waals surface area contributed by atoms with Crippen LogP contribution in [0.1, 0.15) is 18.0 Å². The van der Waals surface area contributed by atoms with E-state index in [1.165, 1.54) is 12.1 Å². The molecule has 2 aromatic rings. The van der Waals surface area contributed by atoms with Crippen LogP contribution in [0.4, 0.5) is 21.9 Å². The number of nitrogen functional groups attached to an aromatic ring is 1. The Morgan fingerprint density at radius 1 is 1.15 bits per heavy atom. The second kappa shape index (κ2) is 8.83. The largest absolute Gasteiger partial charge is 0.755 e. The first-order chi connectivity index (χ1) is 12.3. The fourth-order valence-corrected chi connectivity index (χ4v) is 2.55. The molecule has 2 atom stereocenters. The Kier molecular flexibility index (Phi) is 6.53. The first-order valence-electron chi connectivity index (χ1n) is 7.44. The van der Waals surface area contributed by atoms with Gasteiger partial charge >= 0.3 is 12.0 Å². The number of aliphatic carboxylic acids is 1. The van der Waals surface area contributed by atoms with Crippen molar-refractivity contribution in [3.63, 3.8) is 0 Å². The Hall–Kier alpha value is -3.11. The van der Waals surface area contributed by atoms with Gasteiger partial charge in [-0.05, 0) is 42.0 Å². The van der Waals surface area contributed by atoms with E-state index in [4.69, 9.17) is 10.8 Å². The van der Waals surface area contributed by atoms with Gasteiger partial charge in [0.1, 0.15) is 0 Å². The predicted octanol–water partition coefficient (Wildman–Crippen LogP) is 1.81. The van der Waals surface area contributed by atoms with Crippen molar-refractivity contribution in [2.45, 2.75) is 12.5 Å². The third-order valence-corrected chi connectivity index (χ3v) is 3.75. The summed E-state index contributed by atoms with van der Waals surface area (Å²) in [6.07, 6.45) is -0.376. The molecule has 2 rings (SSSR count). The fourth-order valence-electron chi connectivity index (χ4n) is 2.23. The van der Waals surface area contributed by atoms with E-state index in [-0.39, 0.29) is 12.1 Å². The number of benzene rings is 2. The van der Waals surface area contributed by atoms with Gasteiger partial charge in [0.15, 0.2) is 0 Å². The summed E-state index contributed by atoms with van der Waals surface area (Å²) in [6.45, 7) is 0. The van der Waals surface area contributed by atoms with Crippen molar-refractivity contribution in [1.82, 2.24) is 5.32 Å². The van der Waals surface area contributed by atoms with Crippen molar-refractivity contribution < 1.29 is 23.5 Å². The summed E-state index contributed by atoms with van der Waals surface area (Å²) in [4.78, 5) is 23.3. The second-order valence-electron chi connectivity index (χ2n) is 5.33. The Morgan fingerprint density at radius 2 is 1.85 bits per heavy atom. The van der Waals surface area contributed by atoms with E-state index in [1.54, 1.807) is 36.4 Å². The summed E-state index contributed by atoms with van der Waals surface area (Å²) >= 11 is -2.51. The number of amides is 2. The van der Waals surface area contributed by atoms with Crippen molar-refractivity contribution in [2.24, 2.45) is 0 Å². The van der Waals surface area contributed by atoms with Crippen LogP contribution in [0, 0.1) is 0 Å². The van der Waals surface area contributed by atoms with E-state index in [9.17, 15) is 18.4 Å². The molecular weight excluding hydrogens is 360 g/mol. The number of carbonyl (C=O) groups excluding carboxylic acids is 1. The van der Waals surface area contributed by atoms with Crippen LogP contribution < -0.4 is 21.1 Å². The molecule has 0 aromatic heterocycles. The van der Waals surface area contributed by atoms with Crippen LogP contribution in [-0.4, -0.2) is 25.9 Å². The molecule has 26 heavy (non-hydrogen) atoms. The highest BCUT2D eigenvalue weighted by Crippen LogP contribution is 2.21. The number of hydrogen-bond acceptors (Lipinski definition) is 5. The topological polar surface area (TPSA) is 157 Å². The molecule has 6 N–H and O–H groups in total. The lowest BCUT2D eigenvalue weighted by Crippen LogP contribution is -2.33. The first-order valence-corrected chi connectivity index (χ1v) is 8.51. The van der Waals surface area contributed by atoms with Crippen LogP contribution in [0.25, 0.3) is 0 Å². The quantitative estimate of drug-likeness (QED) is 0.366. The van der Waals surface area contributed by atoms with Crippen LogP contribution in [0.15, 0.2) is 48.5 Å². The molecule has 9 nitrogen and oxygen atoms in total. The molecule has 2 unspecified atom stereocenters. The summed E-state index contributed by atoms with van der Waals surface area (Å²) in [6, 6.07) is 11.1. The molecule has 0 aliphatic carbocycles. The third kappa shape index (κ3) is 6.07. The number of carbonyl (C=O) groups is 2. The zero-order valence-electron chi connectivity index (χ0n) is 13.5. The van der Waals surface area contributed by atoms with Gasteiger partial charge in [-0.3, -0.25) is 9.00 Å².